The van der Waals surface area contributed by atoms with E-state index in [2.05, 4.69) is 32.4 Å². The molecular weight excluding hydrogens is 246 g/mol. The molecule has 1 aromatic rings. The summed E-state index contributed by atoms with van der Waals surface area (Å²) in [5.74, 6) is 0.163. The van der Waals surface area contributed by atoms with Crippen molar-refractivity contribution in [3.8, 4) is 0 Å². The number of thiophene rings is 1. The van der Waals surface area contributed by atoms with Gasteiger partial charge in [0.25, 0.3) is 0 Å². The fraction of sp³-hybridized carbons (Fsp3) is 0.615. The Morgan fingerprint density at radius 2 is 2.28 bits per heavy atom. The third-order valence-corrected chi connectivity index (χ3v) is 3.91. The third-order valence-electron chi connectivity index (χ3n) is 3.18. The van der Waals surface area contributed by atoms with Crippen molar-refractivity contribution in [2.75, 3.05) is 39.3 Å². The van der Waals surface area contributed by atoms with Crippen LogP contribution in [-0.4, -0.2) is 50.1 Å². The molecule has 0 saturated carbocycles. The first-order valence-corrected chi connectivity index (χ1v) is 7.50. The molecular formula is C13H21N3OS. The average molecular weight is 267 g/mol. The highest BCUT2D eigenvalue weighted by Gasteiger charge is 2.09. The number of amides is 1. The summed E-state index contributed by atoms with van der Waals surface area (Å²) in [6.45, 7) is 6.03. The maximum absolute atomic E-state index is 11.6. The van der Waals surface area contributed by atoms with E-state index in [1.807, 2.05) is 0 Å². The van der Waals surface area contributed by atoms with Crippen molar-refractivity contribution in [1.82, 2.24) is 15.5 Å². The minimum absolute atomic E-state index is 0.163. The maximum Gasteiger partial charge on any atom is 0.220 e. The quantitative estimate of drug-likeness (QED) is 0.797. The van der Waals surface area contributed by atoms with Crippen LogP contribution in [0.4, 0.5) is 0 Å². The van der Waals surface area contributed by atoms with E-state index in [1.165, 1.54) is 5.56 Å². The largest absolute Gasteiger partial charge is 0.355 e. The molecule has 1 aliphatic rings. The topological polar surface area (TPSA) is 44.4 Å². The van der Waals surface area contributed by atoms with Gasteiger partial charge in [0.15, 0.2) is 0 Å². The van der Waals surface area contributed by atoms with E-state index in [-0.39, 0.29) is 5.91 Å². The van der Waals surface area contributed by atoms with E-state index in [1.54, 1.807) is 11.3 Å². The van der Waals surface area contributed by atoms with Crippen molar-refractivity contribution >= 4 is 17.2 Å². The summed E-state index contributed by atoms with van der Waals surface area (Å²) in [6, 6.07) is 2.08. The maximum atomic E-state index is 11.6. The van der Waals surface area contributed by atoms with Gasteiger partial charge in [0.05, 0.1) is 0 Å². The van der Waals surface area contributed by atoms with Crippen molar-refractivity contribution < 1.29 is 4.79 Å². The molecule has 1 aromatic heterocycles. The highest BCUT2D eigenvalue weighted by atomic mass is 32.1. The standard InChI is InChI=1S/C13H21N3OS/c17-13(2-1-12-3-10-18-11-12)15-6-9-16-7-4-14-5-8-16/h3,10-11,14H,1-2,4-9H2,(H,15,17). The lowest BCUT2D eigenvalue weighted by Gasteiger charge is -2.27. The van der Waals surface area contributed by atoms with E-state index in [4.69, 9.17) is 0 Å². The van der Waals surface area contributed by atoms with E-state index in [9.17, 15) is 4.79 Å². The molecule has 2 N–H and O–H groups in total. The lowest BCUT2D eigenvalue weighted by atomic mass is 10.2. The highest BCUT2D eigenvalue weighted by Crippen LogP contribution is 2.07. The number of hydrogen-bond donors (Lipinski definition) is 2. The Balaban J connectivity index is 1.54. The summed E-state index contributed by atoms with van der Waals surface area (Å²) in [5.41, 5.74) is 1.26. The van der Waals surface area contributed by atoms with Crippen LogP contribution in [0, 0.1) is 0 Å². The second-order valence-corrected chi connectivity index (χ2v) is 5.35. The second kappa shape index (κ2) is 7.51. The zero-order chi connectivity index (χ0) is 12.6. The first-order valence-electron chi connectivity index (χ1n) is 6.55. The molecule has 0 unspecified atom stereocenters. The van der Waals surface area contributed by atoms with Gasteiger partial charge in [0, 0.05) is 45.7 Å². The van der Waals surface area contributed by atoms with Crippen LogP contribution >= 0.6 is 11.3 Å². The van der Waals surface area contributed by atoms with Gasteiger partial charge in [-0.15, -0.1) is 0 Å². The number of nitrogens with one attached hydrogen (secondary N) is 2. The molecule has 1 amide bonds. The van der Waals surface area contributed by atoms with Crippen molar-refractivity contribution in [3.05, 3.63) is 22.4 Å². The molecule has 2 rings (SSSR count). The fourth-order valence-corrected chi connectivity index (χ4v) is 2.77. The van der Waals surface area contributed by atoms with Gasteiger partial charge >= 0.3 is 0 Å². The number of carbonyl (C=O) groups excluding carboxylic acids is 1. The third kappa shape index (κ3) is 4.76. The van der Waals surface area contributed by atoms with Crippen LogP contribution in [0.2, 0.25) is 0 Å². The number of aryl methyl sites for hydroxylation is 1. The second-order valence-electron chi connectivity index (χ2n) is 4.57. The summed E-state index contributed by atoms with van der Waals surface area (Å²) in [6.07, 6.45) is 1.45. The normalized spacial score (nSPS) is 16.7. The molecule has 2 heterocycles. The molecule has 18 heavy (non-hydrogen) atoms. The van der Waals surface area contributed by atoms with E-state index in [0.717, 1.165) is 45.7 Å². The van der Waals surface area contributed by atoms with E-state index >= 15 is 0 Å². The van der Waals surface area contributed by atoms with Crippen molar-refractivity contribution in [2.45, 2.75) is 12.8 Å². The first kappa shape index (κ1) is 13.5. The highest BCUT2D eigenvalue weighted by molar-refractivity contribution is 7.07. The van der Waals surface area contributed by atoms with Crippen molar-refractivity contribution in [3.63, 3.8) is 0 Å². The van der Waals surface area contributed by atoms with Gasteiger partial charge in [-0.1, -0.05) is 0 Å². The van der Waals surface area contributed by atoms with Crippen LogP contribution in [0.3, 0.4) is 0 Å². The van der Waals surface area contributed by atoms with Crippen LogP contribution in [0.15, 0.2) is 16.8 Å². The molecule has 0 radical (unpaired) electrons. The number of nitrogens with zero attached hydrogens (tertiary/aromatic N) is 1. The lowest BCUT2D eigenvalue weighted by molar-refractivity contribution is -0.121. The number of hydrogen-bond acceptors (Lipinski definition) is 4. The smallest absolute Gasteiger partial charge is 0.220 e. The minimum atomic E-state index is 0.163. The first-order chi connectivity index (χ1) is 8.84. The minimum Gasteiger partial charge on any atom is -0.355 e. The van der Waals surface area contributed by atoms with Gasteiger partial charge in [-0.05, 0) is 28.8 Å². The Morgan fingerprint density at radius 3 is 3.00 bits per heavy atom. The van der Waals surface area contributed by atoms with Crippen LogP contribution in [-0.2, 0) is 11.2 Å². The monoisotopic (exact) mass is 267 g/mol. The predicted molar refractivity (Wildman–Crippen MR) is 75.0 cm³/mol. The zero-order valence-corrected chi connectivity index (χ0v) is 11.5. The molecule has 0 spiro atoms. The molecule has 0 bridgehead atoms. The number of piperazine rings is 1. The van der Waals surface area contributed by atoms with Gasteiger partial charge in [-0.3, -0.25) is 9.69 Å². The van der Waals surface area contributed by atoms with E-state index in [0.29, 0.717) is 6.42 Å². The van der Waals surface area contributed by atoms with Crippen LogP contribution in [0.5, 0.6) is 0 Å². The van der Waals surface area contributed by atoms with Gasteiger partial charge < -0.3 is 10.6 Å². The molecule has 5 heteroatoms. The predicted octanol–water partition coefficient (Wildman–Crippen LogP) is 0.702. The molecule has 0 aromatic carbocycles. The van der Waals surface area contributed by atoms with Crippen LogP contribution < -0.4 is 10.6 Å². The van der Waals surface area contributed by atoms with Gasteiger partial charge in [-0.25, -0.2) is 0 Å². The summed E-state index contributed by atoms with van der Waals surface area (Å²) >= 11 is 1.68. The molecule has 100 valence electrons. The molecule has 1 aliphatic heterocycles. The Bertz CT molecular complexity index is 347. The molecule has 0 atom stereocenters. The summed E-state index contributed by atoms with van der Waals surface area (Å²) in [4.78, 5) is 14.0. The SMILES string of the molecule is O=C(CCc1ccsc1)NCCN1CCNCC1. The molecule has 0 aliphatic carbocycles. The molecule has 4 nitrogen and oxygen atoms in total. The molecule has 1 fully saturated rings. The lowest BCUT2D eigenvalue weighted by Crippen LogP contribution is -2.46. The summed E-state index contributed by atoms with van der Waals surface area (Å²) in [5, 5.41) is 10.5. The van der Waals surface area contributed by atoms with Crippen molar-refractivity contribution in [1.29, 1.82) is 0 Å². The Morgan fingerprint density at radius 1 is 1.44 bits per heavy atom. The van der Waals surface area contributed by atoms with Crippen LogP contribution in [0.25, 0.3) is 0 Å². The Hall–Kier alpha value is -0.910. The fourth-order valence-electron chi connectivity index (χ4n) is 2.07. The average Bonchev–Trinajstić information content (AvgIpc) is 2.91. The Kier molecular flexibility index (Phi) is 5.64. The zero-order valence-electron chi connectivity index (χ0n) is 10.7. The number of carbonyl (C=O) groups is 1. The van der Waals surface area contributed by atoms with Crippen molar-refractivity contribution in [2.24, 2.45) is 0 Å². The van der Waals surface area contributed by atoms with Gasteiger partial charge in [0.2, 0.25) is 5.91 Å². The summed E-state index contributed by atoms with van der Waals surface area (Å²) < 4.78 is 0. The summed E-state index contributed by atoms with van der Waals surface area (Å²) in [7, 11) is 0. The Labute approximate surface area is 112 Å². The van der Waals surface area contributed by atoms with Crippen LogP contribution in [0.1, 0.15) is 12.0 Å². The molecule has 1 saturated heterocycles. The van der Waals surface area contributed by atoms with Gasteiger partial charge in [0.1, 0.15) is 0 Å². The van der Waals surface area contributed by atoms with E-state index < -0.39 is 0 Å². The number of rotatable bonds is 6. The van der Waals surface area contributed by atoms with Gasteiger partial charge in [-0.2, -0.15) is 11.3 Å².